The van der Waals surface area contributed by atoms with E-state index in [2.05, 4.69) is 5.32 Å². The molecule has 23 heavy (non-hydrogen) atoms. The Hall–Kier alpha value is -2.24. The van der Waals surface area contributed by atoms with E-state index in [1.54, 1.807) is 13.0 Å². The maximum atomic E-state index is 11.1. The molecule has 0 heterocycles. The molecule has 0 aliphatic heterocycles. The Morgan fingerprint density at radius 1 is 1.17 bits per heavy atom. The number of hydrogen-bond acceptors (Lipinski definition) is 4. The first-order valence-electron chi connectivity index (χ1n) is 7.70. The summed E-state index contributed by atoms with van der Waals surface area (Å²) >= 11 is 0. The van der Waals surface area contributed by atoms with Gasteiger partial charge in [0.15, 0.2) is 0 Å². The number of nitro groups is 1. The van der Waals surface area contributed by atoms with Crippen molar-refractivity contribution in [3.8, 4) is 0 Å². The van der Waals surface area contributed by atoms with Gasteiger partial charge in [0, 0.05) is 30.3 Å². The molecule has 0 bridgehead atoms. The molecule has 2 rings (SSSR count). The van der Waals surface area contributed by atoms with E-state index in [0.29, 0.717) is 12.0 Å². The molecule has 0 saturated carbocycles. The van der Waals surface area contributed by atoms with Crippen LogP contribution in [0.3, 0.4) is 0 Å². The second-order valence-corrected chi connectivity index (χ2v) is 5.61. The van der Waals surface area contributed by atoms with Crippen LogP contribution in [0.4, 0.5) is 5.69 Å². The molecule has 2 N–H and O–H groups in total. The van der Waals surface area contributed by atoms with Gasteiger partial charge < -0.3 is 10.4 Å². The maximum absolute atomic E-state index is 11.1. The van der Waals surface area contributed by atoms with Crippen LogP contribution in [0.1, 0.15) is 42.1 Å². The highest BCUT2D eigenvalue weighted by Crippen LogP contribution is 2.28. The van der Waals surface area contributed by atoms with Crippen LogP contribution in [-0.2, 0) is 0 Å². The van der Waals surface area contributed by atoms with E-state index in [1.165, 1.54) is 6.07 Å². The maximum Gasteiger partial charge on any atom is 0.272 e. The summed E-state index contributed by atoms with van der Waals surface area (Å²) in [7, 11) is 0. The molecule has 0 aliphatic carbocycles. The monoisotopic (exact) mass is 314 g/mol. The van der Waals surface area contributed by atoms with Crippen LogP contribution in [0.5, 0.6) is 0 Å². The van der Waals surface area contributed by atoms with Crippen LogP contribution in [0.2, 0.25) is 0 Å². The molecule has 2 atom stereocenters. The summed E-state index contributed by atoms with van der Waals surface area (Å²) in [4.78, 5) is 10.7. The molecule has 2 aromatic rings. The fourth-order valence-electron chi connectivity index (χ4n) is 2.86. The third kappa shape index (κ3) is 4.15. The summed E-state index contributed by atoms with van der Waals surface area (Å²) in [6, 6.07) is 15.0. The van der Waals surface area contributed by atoms with Crippen LogP contribution in [0.15, 0.2) is 48.5 Å². The summed E-state index contributed by atoms with van der Waals surface area (Å²) in [5, 5.41) is 23.9. The molecule has 5 nitrogen and oxygen atoms in total. The summed E-state index contributed by atoms with van der Waals surface area (Å²) < 4.78 is 0. The van der Waals surface area contributed by atoms with Gasteiger partial charge in [-0.25, -0.2) is 0 Å². The highest BCUT2D eigenvalue weighted by atomic mass is 16.6. The van der Waals surface area contributed by atoms with Gasteiger partial charge in [0.05, 0.1) is 4.92 Å². The van der Waals surface area contributed by atoms with Gasteiger partial charge >= 0.3 is 0 Å². The third-order valence-electron chi connectivity index (χ3n) is 4.08. The SMILES string of the molecule is Cc1c(C(C)N[C@H](CCO)c2ccccc2)cccc1[N+](=O)[O-]. The Morgan fingerprint density at radius 3 is 2.48 bits per heavy atom. The van der Waals surface area contributed by atoms with Crippen molar-refractivity contribution in [2.45, 2.75) is 32.4 Å². The summed E-state index contributed by atoms with van der Waals surface area (Å²) in [6.07, 6.45) is 0.586. The summed E-state index contributed by atoms with van der Waals surface area (Å²) in [5.41, 5.74) is 2.80. The first kappa shape index (κ1) is 17.1. The lowest BCUT2D eigenvalue weighted by Crippen LogP contribution is -2.26. The van der Waals surface area contributed by atoms with E-state index in [9.17, 15) is 15.2 Å². The first-order valence-corrected chi connectivity index (χ1v) is 7.70. The van der Waals surface area contributed by atoms with E-state index in [4.69, 9.17) is 0 Å². The van der Waals surface area contributed by atoms with Gasteiger partial charge in [-0.1, -0.05) is 42.5 Å². The summed E-state index contributed by atoms with van der Waals surface area (Å²) in [5.74, 6) is 0. The van der Waals surface area contributed by atoms with Crippen molar-refractivity contribution < 1.29 is 10.0 Å². The minimum absolute atomic E-state index is 0.00476. The number of hydrogen-bond donors (Lipinski definition) is 2. The molecular weight excluding hydrogens is 292 g/mol. The number of nitrogens with zero attached hydrogens (tertiary/aromatic N) is 1. The van der Waals surface area contributed by atoms with Crippen molar-refractivity contribution in [2.75, 3.05) is 6.61 Å². The van der Waals surface area contributed by atoms with Crippen LogP contribution in [-0.4, -0.2) is 16.6 Å². The predicted molar refractivity (Wildman–Crippen MR) is 90.3 cm³/mol. The van der Waals surface area contributed by atoms with Crippen molar-refractivity contribution in [1.82, 2.24) is 5.32 Å². The third-order valence-corrected chi connectivity index (χ3v) is 4.08. The first-order chi connectivity index (χ1) is 11.0. The molecule has 0 fully saturated rings. The summed E-state index contributed by atoms with van der Waals surface area (Å²) in [6.45, 7) is 3.84. The van der Waals surface area contributed by atoms with E-state index in [1.807, 2.05) is 43.3 Å². The minimum atomic E-state index is -0.353. The zero-order valence-corrected chi connectivity index (χ0v) is 13.4. The molecule has 0 radical (unpaired) electrons. The van der Waals surface area contributed by atoms with Crippen LogP contribution in [0, 0.1) is 17.0 Å². The van der Waals surface area contributed by atoms with Gasteiger partial charge in [0.25, 0.3) is 5.69 Å². The lowest BCUT2D eigenvalue weighted by Gasteiger charge is -2.24. The molecule has 0 amide bonds. The van der Waals surface area contributed by atoms with Gasteiger partial charge in [0.2, 0.25) is 0 Å². The second kappa shape index (κ2) is 7.85. The highest BCUT2D eigenvalue weighted by molar-refractivity contribution is 5.45. The molecule has 0 aromatic heterocycles. The Balaban J connectivity index is 2.24. The molecule has 0 saturated heterocycles. The Morgan fingerprint density at radius 2 is 1.87 bits per heavy atom. The van der Waals surface area contributed by atoms with E-state index < -0.39 is 0 Å². The zero-order chi connectivity index (χ0) is 16.8. The zero-order valence-electron chi connectivity index (χ0n) is 13.4. The van der Waals surface area contributed by atoms with Crippen LogP contribution >= 0.6 is 0 Å². The molecule has 2 aromatic carbocycles. The molecule has 5 heteroatoms. The number of aliphatic hydroxyl groups excluding tert-OH is 1. The fourth-order valence-corrected chi connectivity index (χ4v) is 2.86. The van der Waals surface area contributed by atoms with Gasteiger partial charge in [-0.2, -0.15) is 0 Å². The van der Waals surface area contributed by atoms with E-state index in [0.717, 1.165) is 11.1 Å². The number of benzene rings is 2. The standard InChI is InChI=1S/C18H22N2O3/c1-13-16(9-6-10-18(13)20(22)23)14(2)19-17(11-12-21)15-7-4-3-5-8-15/h3-10,14,17,19,21H,11-12H2,1-2H3/t14?,17-/m1/s1. The topological polar surface area (TPSA) is 75.4 Å². The molecule has 0 spiro atoms. The fraction of sp³-hybridized carbons (Fsp3) is 0.333. The van der Waals surface area contributed by atoms with Gasteiger partial charge in [-0.15, -0.1) is 0 Å². The van der Waals surface area contributed by atoms with Crippen molar-refractivity contribution in [1.29, 1.82) is 0 Å². The number of rotatable bonds is 7. The largest absolute Gasteiger partial charge is 0.396 e. The lowest BCUT2D eigenvalue weighted by molar-refractivity contribution is -0.385. The smallest absolute Gasteiger partial charge is 0.272 e. The second-order valence-electron chi connectivity index (χ2n) is 5.61. The Bertz CT molecular complexity index is 659. The van der Waals surface area contributed by atoms with Crippen LogP contribution < -0.4 is 5.32 Å². The number of nitro benzene ring substituents is 1. The average molecular weight is 314 g/mol. The van der Waals surface area contributed by atoms with E-state index in [-0.39, 0.29) is 29.3 Å². The van der Waals surface area contributed by atoms with E-state index >= 15 is 0 Å². The highest BCUT2D eigenvalue weighted by Gasteiger charge is 2.20. The molecule has 1 unspecified atom stereocenters. The Labute approximate surface area is 136 Å². The quantitative estimate of drug-likeness (QED) is 0.604. The lowest BCUT2D eigenvalue weighted by atomic mass is 9.97. The van der Waals surface area contributed by atoms with Crippen molar-refractivity contribution in [3.63, 3.8) is 0 Å². The van der Waals surface area contributed by atoms with Crippen molar-refractivity contribution >= 4 is 5.69 Å². The van der Waals surface area contributed by atoms with Crippen molar-refractivity contribution in [3.05, 3.63) is 75.3 Å². The number of aliphatic hydroxyl groups is 1. The number of nitrogens with one attached hydrogen (secondary N) is 1. The minimum Gasteiger partial charge on any atom is -0.396 e. The van der Waals surface area contributed by atoms with Crippen LogP contribution in [0.25, 0.3) is 0 Å². The average Bonchev–Trinajstić information content (AvgIpc) is 2.55. The predicted octanol–water partition coefficient (Wildman–Crippen LogP) is 3.68. The van der Waals surface area contributed by atoms with Crippen molar-refractivity contribution in [2.24, 2.45) is 0 Å². The van der Waals surface area contributed by atoms with Gasteiger partial charge in [-0.3, -0.25) is 10.1 Å². The normalized spacial score (nSPS) is 13.5. The Kier molecular flexibility index (Phi) is 5.84. The molecule has 0 aliphatic rings. The molecular formula is C18H22N2O3. The molecule has 122 valence electrons. The van der Waals surface area contributed by atoms with Gasteiger partial charge in [0.1, 0.15) is 0 Å². The van der Waals surface area contributed by atoms with Gasteiger partial charge in [-0.05, 0) is 31.4 Å².